The molecule has 2 heterocycles. The van der Waals surface area contributed by atoms with E-state index in [1.54, 1.807) is 24.3 Å². The lowest BCUT2D eigenvalue weighted by atomic mass is 10.0. The van der Waals surface area contributed by atoms with Crippen molar-refractivity contribution in [3.8, 4) is 6.42 Å². The van der Waals surface area contributed by atoms with Crippen molar-refractivity contribution in [2.45, 2.75) is 143 Å². The van der Waals surface area contributed by atoms with Crippen molar-refractivity contribution in [2.24, 2.45) is 4.99 Å². The Morgan fingerprint density at radius 1 is 0.877 bits per heavy atom. The first-order valence-electron chi connectivity index (χ1n) is 22.3. The van der Waals surface area contributed by atoms with Gasteiger partial charge in [-0.2, -0.15) is 0 Å². The smallest absolute Gasteiger partial charge is 0.437 e. The Morgan fingerprint density at radius 3 is 2.14 bits per heavy atom. The number of allylic oxidation sites excluding steroid dienone is 1. The monoisotopic (exact) mass is 802 g/mol. The van der Waals surface area contributed by atoms with Crippen molar-refractivity contribution in [2.75, 3.05) is 27.0 Å². The molecule has 3 N–H and O–H groups in total. The Balaban J connectivity index is 0.00000122. The van der Waals surface area contributed by atoms with E-state index in [0.29, 0.717) is 47.5 Å². The molecule has 0 saturated carbocycles. The van der Waals surface area contributed by atoms with E-state index in [4.69, 9.17) is 34.3 Å². The van der Waals surface area contributed by atoms with Gasteiger partial charge in [-0.1, -0.05) is 102 Å². The first-order chi connectivity index (χ1) is 29.4. The molecule has 0 radical (unpaired) electrons. The Hall–Kier alpha value is -5.19. The van der Waals surface area contributed by atoms with E-state index in [1.807, 2.05) is 25.1 Å². The van der Waals surface area contributed by atoms with Crippen LogP contribution in [0.5, 0.6) is 0 Å². The fraction of sp³-hybridized carbons (Fsp3) is 0.605. The van der Waals surface area contributed by atoms with Gasteiger partial charge < -0.3 is 36.9 Å². The molecule has 0 bridgehead atoms. The maximum Gasteiger partial charge on any atom is 0.437 e. The highest BCUT2D eigenvalue weighted by Crippen LogP contribution is 2.16. The normalized spacial score (nSPS) is 22.5. The Morgan fingerprint density at radius 2 is 1.47 bits per heavy atom. The lowest BCUT2D eigenvalue weighted by Crippen LogP contribution is -2.45. The van der Waals surface area contributed by atoms with E-state index in [0.717, 1.165) is 57.8 Å². The second kappa shape index (κ2) is 32.0. The van der Waals surface area contributed by atoms with Gasteiger partial charge in [-0.3, -0.25) is 35.2 Å². The molecule has 2 unspecified atom stereocenters. The summed E-state index contributed by atoms with van der Waals surface area (Å²) < 4.78 is 62.3. The van der Waals surface area contributed by atoms with Crippen LogP contribution >= 0.6 is 0 Å². The topological polar surface area (TPSA) is 180 Å². The summed E-state index contributed by atoms with van der Waals surface area (Å²) in [6, 6.07) is 8.86. The van der Waals surface area contributed by atoms with Crippen LogP contribution in [-0.2, 0) is 40.0 Å². The van der Waals surface area contributed by atoms with Crippen molar-refractivity contribution in [3.63, 3.8) is 0 Å². The van der Waals surface area contributed by atoms with Gasteiger partial charge in [0.15, 0.2) is 5.96 Å². The molecule has 0 aromatic heterocycles. The molecule has 2 aliphatic rings. The van der Waals surface area contributed by atoms with Gasteiger partial charge in [0.25, 0.3) is 0 Å². The van der Waals surface area contributed by atoms with Gasteiger partial charge in [0.2, 0.25) is 17.8 Å². The number of guanidine groups is 2. The summed E-state index contributed by atoms with van der Waals surface area (Å²) in [6.45, 7) is -2.91. The predicted molar refractivity (Wildman–Crippen MR) is 222 cm³/mol. The highest BCUT2D eigenvalue weighted by Gasteiger charge is 2.21. The number of likely N-dealkylation sites (N-methyl/N-ethyl adjacent to an activating group) is 2. The zero-order chi connectivity index (χ0) is 46.6. The predicted octanol–water partition coefficient (Wildman–Crippen LogP) is 7.23. The van der Waals surface area contributed by atoms with Gasteiger partial charge in [-0.05, 0) is 50.5 Å². The van der Waals surface area contributed by atoms with Crippen LogP contribution in [0.25, 0.3) is 0 Å². The molecule has 3 amide bonds. The number of terminal acetylenes is 1. The lowest BCUT2D eigenvalue weighted by molar-refractivity contribution is -0.150. The van der Waals surface area contributed by atoms with E-state index in [2.05, 4.69) is 29.0 Å². The third-order valence-electron chi connectivity index (χ3n) is 8.39. The minimum absolute atomic E-state index is 0. The number of unbranched alkanes of at least 4 members (excludes halogenated alkanes) is 2. The number of amides is 3. The second-order valence-corrected chi connectivity index (χ2v) is 13.2. The molecule has 1 fully saturated rings. The largest absolute Gasteiger partial charge is 0.697 e. The number of aliphatic imine (C=N–C) groups is 1. The van der Waals surface area contributed by atoms with Crippen LogP contribution in [-0.4, -0.2) is 90.8 Å². The summed E-state index contributed by atoms with van der Waals surface area (Å²) in [5, 5.41) is 12.5. The quantitative estimate of drug-likeness (QED) is 0.0799. The summed E-state index contributed by atoms with van der Waals surface area (Å²) in [4.78, 5) is 66.4. The summed E-state index contributed by atoms with van der Waals surface area (Å²) in [7, 11) is 0. The number of carbonyl (C=O) groups excluding carboxylic acids is 5. The van der Waals surface area contributed by atoms with Crippen LogP contribution in [0.1, 0.15) is 138 Å². The van der Waals surface area contributed by atoms with Crippen molar-refractivity contribution in [3.05, 3.63) is 54.5 Å². The van der Waals surface area contributed by atoms with Crippen LogP contribution in [0.15, 0.2) is 47.5 Å². The summed E-state index contributed by atoms with van der Waals surface area (Å²) >= 11 is 0. The molecular formula is C43H67N6O8-. The van der Waals surface area contributed by atoms with Crippen molar-refractivity contribution in [1.82, 2.24) is 20.4 Å². The van der Waals surface area contributed by atoms with E-state index in [-0.39, 0.29) is 33.0 Å². The second-order valence-electron chi connectivity index (χ2n) is 13.2. The summed E-state index contributed by atoms with van der Waals surface area (Å²) in [6.07, 6.45) is 22.3. The fourth-order valence-corrected chi connectivity index (χ4v) is 5.41. The number of hydrogen-bond donors (Lipinski definition) is 3. The van der Waals surface area contributed by atoms with E-state index in [1.165, 1.54) is 0 Å². The molecule has 0 spiro atoms. The molecule has 0 aliphatic carbocycles. The van der Waals surface area contributed by atoms with Crippen LogP contribution in [0.4, 0.5) is 4.79 Å². The number of esters is 2. The molecule has 1 aromatic carbocycles. The zero-order valence-corrected chi connectivity index (χ0v) is 32.8. The maximum atomic E-state index is 12.7. The Bertz CT molecular complexity index is 1640. The molecule has 1 aromatic rings. The van der Waals surface area contributed by atoms with Gasteiger partial charge in [0.1, 0.15) is 31.9 Å². The number of hydrogen-bond acceptors (Lipinski definition) is 9. The maximum absolute atomic E-state index is 12.7. The minimum atomic E-state index is -2.89. The fourth-order valence-electron chi connectivity index (χ4n) is 5.41. The third kappa shape index (κ3) is 24.8. The Kier molecular flexibility index (Phi) is 23.2. The zero-order valence-electron chi connectivity index (χ0n) is 38.8. The van der Waals surface area contributed by atoms with E-state index < -0.39 is 74.9 Å². The number of rotatable bonds is 8. The van der Waals surface area contributed by atoms with Gasteiger partial charge in [-0.25, -0.2) is 4.79 Å². The average Bonchev–Trinajstić information content (AvgIpc) is 3.21. The van der Waals surface area contributed by atoms with Gasteiger partial charge in [0, 0.05) is 41.4 Å². The van der Waals surface area contributed by atoms with Crippen molar-refractivity contribution < 1.29 is 46.4 Å². The van der Waals surface area contributed by atoms with Crippen molar-refractivity contribution in [1.29, 1.82) is 5.41 Å². The van der Waals surface area contributed by atoms with Gasteiger partial charge in [0.05, 0.1) is 0 Å². The van der Waals surface area contributed by atoms with Gasteiger partial charge >= 0.3 is 18.0 Å². The summed E-state index contributed by atoms with van der Waals surface area (Å²) in [5.41, 5.74) is 0.707. The number of nitrogens with zero attached hydrogens (tertiary/aromatic N) is 3. The van der Waals surface area contributed by atoms with E-state index >= 15 is 0 Å². The van der Waals surface area contributed by atoms with Gasteiger partial charge in [-0.15, -0.1) is 4.99 Å². The van der Waals surface area contributed by atoms with E-state index in [9.17, 15) is 24.0 Å². The van der Waals surface area contributed by atoms with Crippen LogP contribution < -0.4 is 10.6 Å². The number of nitrogens with one attached hydrogen (secondary N) is 3. The molecule has 2 aliphatic heterocycles. The Labute approximate surface area is 349 Å². The highest BCUT2D eigenvalue weighted by molar-refractivity contribution is 6.01. The standard InChI is InChI=1S/C24H33N3O5.C16H29N3O3.C2H.CH4/c1-3-4-14-20-15-10-5-6-11-16-21(28)25-23(27(2)17-22(29)32-20)26-24(30)31-18-19-12-8-7-9-13-19;1-3-4-9-13-10-7-5-6-8-11-14(20)18-16(17)19(2)12-15(21)22-13;1-2;/h5,7-10,12-13,20H,3-4,6,11,14-18H2,1-2H3,(H,25,26,28,30);13H,3-12H2,1-2H3,(H2,17,18,20);1H;1H4/q;;-1;/b10-5+;;;/i2*2D3;;. The first kappa shape index (κ1) is 41.4. The van der Waals surface area contributed by atoms with Crippen LogP contribution in [0.2, 0.25) is 0 Å². The molecule has 1 saturated heterocycles. The number of cyclic esters (lactones) is 2. The van der Waals surface area contributed by atoms with Crippen LogP contribution in [0, 0.1) is 18.3 Å². The van der Waals surface area contributed by atoms with Crippen molar-refractivity contribution >= 4 is 41.8 Å². The molecule has 57 heavy (non-hydrogen) atoms. The average molecular weight is 802 g/mol. The minimum Gasteiger partial charge on any atom is -0.697 e. The molecule has 14 nitrogen and oxygen atoms in total. The first-order valence-corrected chi connectivity index (χ1v) is 19.3. The SMILES string of the molecule is C.[2H]C([2H])([2H])N1CC(=O)OC(CCCC)C/C=C/CCCC(=O)NC1=NC(=O)OCc1ccccc1.[2H]C([2H])([2H])N1CC(=O)OC(CCCC)CCCCCCC(=O)NC1=N.[C-]#C. The van der Waals surface area contributed by atoms with Crippen LogP contribution in [0.3, 0.4) is 0 Å². The number of carbonyl (C=O) groups is 5. The molecule has 2 atom stereocenters. The summed E-state index contributed by atoms with van der Waals surface area (Å²) in [5.74, 6) is -3.61. The highest BCUT2D eigenvalue weighted by atomic mass is 16.6. The molecule has 318 valence electrons. The number of ether oxygens (including phenoxy) is 3. The number of benzene rings is 1. The third-order valence-corrected chi connectivity index (χ3v) is 8.39. The molecule has 3 rings (SSSR count). The molecular weight excluding hydrogens is 729 g/mol. The molecule has 14 heteroatoms. The lowest BCUT2D eigenvalue weighted by Gasteiger charge is -2.23.